The van der Waals surface area contributed by atoms with Gasteiger partial charge in [0.1, 0.15) is 0 Å². The van der Waals surface area contributed by atoms with Gasteiger partial charge >= 0.3 is 59.1 Å². The van der Waals surface area contributed by atoms with Crippen LogP contribution in [0.1, 0.15) is 76.0 Å². The molecule has 0 aliphatic carbocycles. The molecule has 0 nitrogen and oxygen atoms in total. The molecular formula is C19H28Na2. The normalized spacial score (nSPS) is 10.9. The van der Waals surface area contributed by atoms with E-state index in [9.17, 15) is 0 Å². The van der Waals surface area contributed by atoms with Crippen molar-refractivity contribution in [3.63, 3.8) is 0 Å². The minimum absolute atomic E-state index is 0. The van der Waals surface area contributed by atoms with Gasteiger partial charge in [-0.3, -0.25) is 0 Å². The van der Waals surface area contributed by atoms with Crippen LogP contribution in [0.3, 0.4) is 0 Å². The van der Waals surface area contributed by atoms with E-state index >= 15 is 0 Å². The second-order valence-corrected chi connectivity index (χ2v) is 6.48. The van der Waals surface area contributed by atoms with Crippen molar-refractivity contribution in [2.24, 2.45) is 0 Å². The van der Waals surface area contributed by atoms with Crippen LogP contribution in [0.4, 0.5) is 0 Å². The number of benzene rings is 2. The zero-order chi connectivity index (χ0) is 14.2. The van der Waals surface area contributed by atoms with E-state index in [0.717, 1.165) is 0 Å². The molecule has 2 rings (SSSR count). The third kappa shape index (κ3) is 4.59. The first-order chi connectivity index (χ1) is 8.93. The Morgan fingerprint density at radius 3 is 1.67 bits per heavy atom. The molecule has 106 valence electrons. The van der Waals surface area contributed by atoms with Crippen molar-refractivity contribution in [2.45, 2.75) is 59.3 Å². The van der Waals surface area contributed by atoms with Crippen LogP contribution in [0, 0.1) is 0 Å². The van der Waals surface area contributed by atoms with Crippen molar-refractivity contribution in [1.82, 2.24) is 0 Å². The fourth-order valence-corrected chi connectivity index (χ4v) is 3.16. The van der Waals surface area contributed by atoms with Crippen LogP contribution >= 0.6 is 0 Å². The Kier molecular flexibility index (Phi) is 9.41. The maximum absolute atomic E-state index is 2.40. The minimum atomic E-state index is 0. The summed E-state index contributed by atoms with van der Waals surface area (Å²) in [5.74, 6) is 1.74. The molecular weight excluding hydrogens is 274 g/mol. The predicted octanol–water partition coefficient (Wildman–Crippen LogP) is 4.91. The van der Waals surface area contributed by atoms with Crippen molar-refractivity contribution in [3.05, 3.63) is 47.0 Å². The van der Waals surface area contributed by atoms with Gasteiger partial charge in [0.25, 0.3) is 0 Å². The van der Waals surface area contributed by atoms with E-state index in [1.807, 2.05) is 0 Å². The summed E-state index contributed by atoms with van der Waals surface area (Å²) in [5, 5.41) is 2.82. The van der Waals surface area contributed by atoms with Crippen molar-refractivity contribution < 1.29 is 0 Å². The molecule has 0 atom stereocenters. The van der Waals surface area contributed by atoms with E-state index in [1.165, 1.54) is 16.3 Å². The van der Waals surface area contributed by atoms with E-state index in [0.29, 0.717) is 17.8 Å². The average Bonchev–Trinajstić information content (AvgIpc) is 2.35. The Balaban J connectivity index is 0.00000200. The van der Waals surface area contributed by atoms with E-state index in [1.54, 1.807) is 11.1 Å². The van der Waals surface area contributed by atoms with Crippen LogP contribution in [-0.4, -0.2) is 59.1 Å². The third-order valence-corrected chi connectivity index (χ3v) is 3.94. The zero-order valence-corrected chi connectivity index (χ0v) is 13.1. The van der Waals surface area contributed by atoms with Crippen LogP contribution in [0.25, 0.3) is 10.8 Å². The summed E-state index contributed by atoms with van der Waals surface area (Å²) in [6, 6.07) is 11.2. The van der Waals surface area contributed by atoms with Crippen LogP contribution in [0.2, 0.25) is 0 Å². The molecule has 0 saturated heterocycles. The van der Waals surface area contributed by atoms with Crippen molar-refractivity contribution in [3.8, 4) is 0 Å². The Hall–Kier alpha value is 0.700. The molecule has 0 amide bonds. The Bertz CT molecular complexity index is 583. The maximum atomic E-state index is 2.40. The van der Waals surface area contributed by atoms with Gasteiger partial charge in [0.2, 0.25) is 0 Å². The molecule has 0 spiro atoms. The summed E-state index contributed by atoms with van der Waals surface area (Å²) in [6.45, 7) is 13.9. The van der Waals surface area contributed by atoms with Gasteiger partial charge in [-0.05, 0) is 45.2 Å². The standard InChI is InChI=1S/C19H26.2Na.2H/c1-12(2)17-11-15-9-7-8-10-16(15)18(13(3)4)19(17)14(5)6;;;;/h7-14H,1-6H3;;;;. The molecule has 0 N–H and O–H groups in total. The van der Waals surface area contributed by atoms with Gasteiger partial charge in [0, 0.05) is 0 Å². The van der Waals surface area contributed by atoms with Crippen LogP contribution in [0.15, 0.2) is 30.3 Å². The molecule has 2 heteroatoms. The molecule has 2 aromatic carbocycles. The molecule has 0 aliphatic rings. The van der Waals surface area contributed by atoms with Crippen molar-refractivity contribution in [2.75, 3.05) is 0 Å². The van der Waals surface area contributed by atoms with Gasteiger partial charge in [-0.2, -0.15) is 0 Å². The van der Waals surface area contributed by atoms with E-state index in [2.05, 4.69) is 71.9 Å². The first-order valence-corrected chi connectivity index (χ1v) is 7.48. The van der Waals surface area contributed by atoms with Gasteiger partial charge < -0.3 is 0 Å². The molecule has 21 heavy (non-hydrogen) atoms. The van der Waals surface area contributed by atoms with Gasteiger partial charge in [0.05, 0.1) is 0 Å². The SMILES string of the molecule is CC(C)c1cc2ccccc2c(C(C)C)c1C(C)C.[NaH].[NaH]. The second kappa shape index (κ2) is 9.11. The van der Waals surface area contributed by atoms with Gasteiger partial charge in [0.15, 0.2) is 0 Å². The monoisotopic (exact) mass is 302 g/mol. The third-order valence-electron chi connectivity index (χ3n) is 3.94. The summed E-state index contributed by atoms with van der Waals surface area (Å²) >= 11 is 0. The molecule has 0 unspecified atom stereocenters. The molecule has 2 aromatic rings. The predicted molar refractivity (Wildman–Crippen MR) is 101 cm³/mol. The van der Waals surface area contributed by atoms with Crippen molar-refractivity contribution in [1.29, 1.82) is 0 Å². The molecule has 0 aliphatic heterocycles. The fraction of sp³-hybridized carbons (Fsp3) is 0.474. The fourth-order valence-electron chi connectivity index (χ4n) is 3.16. The number of rotatable bonds is 3. The summed E-state index contributed by atoms with van der Waals surface area (Å²) in [7, 11) is 0. The molecule has 0 fully saturated rings. The number of fused-ring (bicyclic) bond motifs is 1. The van der Waals surface area contributed by atoms with Gasteiger partial charge in [-0.25, -0.2) is 0 Å². The van der Waals surface area contributed by atoms with Gasteiger partial charge in [-0.15, -0.1) is 0 Å². The molecule has 0 saturated carbocycles. The molecule has 0 aromatic heterocycles. The Labute approximate surface area is 174 Å². The van der Waals surface area contributed by atoms with Gasteiger partial charge in [-0.1, -0.05) is 71.9 Å². The summed E-state index contributed by atoms with van der Waals surface area (Å²) in [5.41, 5.74) is 4.65. The summed E-state index contributed by atoms with van der Waals surface area (Å²) < 4.78 is 0. The van der Waals surface area contributed by atoms with Crippen LogP contribution < -0.4 is 0 Å². The first-order valence-electron chi connectivity index (χ1n) is 7.48. The first kappa shape index (κ1) is 21.7. The van der Waals surface area contributed by atoms with Crippen LogP contribution in [-0.2, 0) is 0 Å². The Morgan fingerprint density at radius 2 is 1.19 bits per heavy atom. The molecule has 0 bridgehead atoms. The topological polar surface area (TPSA) is 0 Å². The van der Waals surface area contributed by atoms with E-state index < -0.39 is 0 Å². The number of hydrogen-bond acceptors (Lipinski definition) is 0. The molecule has 0 heterocycles. The summed E-state index contributed by atoms with van der Waals surface area (Å²) in [6.07, 6.45) is 0. The Morgan fingerprint density at radius 1 is 0.667 bits per heavy atom. The number of hydrogen-bond donors (Lipinski definition) is 0. The summed E-state index contributed by atoms with van der Waals surface area (Å²) in [4.78, 5) is 0. The van der Waals surface area contributed by atoms with E-state index in [4.69, 9.17) is 0 Å². The average molecular weight is 302 g/mol. The van der Waals surface area contributed by atoms with Crippen molar-refractivity contribution >= 4 is 69.9 Å². The van der Waals surface area contributed by atoms with E-state index in [-0.39, 0.29) is 59.1 Å². The quantitative estimate of drug-likeness (QED) is 0.706. The second-order valence-electron chi connectivity index (χ2n) is 6.48. The zero-order valence-electron chi connectivity index (χ0n) is 13.1. The van der Waals surface area contributed by atoms with Crippen LogP contribution in [0.5, 0.6) is 0 Å². The molecule has 0 radical (unpaired) electrons.